The molecule has 0 unspecified atom stereocenters. The first-order chi connectivity index (χ1) is 4.29. The van der Waals surface area contributed by atoms with E-state index in [9.17, 15) is 4.79 Å². The molecule has 1 aliphatic heterocycles. The molecule has 0 saturated carbocycles. The number of carbonyl (C=O) groups is 1. The summed E-state index contributed by atoms with van der Waals surface area (Å²) in [4.78, 5) is 9.78. The largest absolute Gasteiger partial charge is 0.464 e. The van der Waals surface area contributed by atoms with Crippen LogP contribution in [0.15, 0.2) is 5.10 Å². The van der Waals surface area contributed by atoms with Gasteiger partial charge in [-0.25, -0.2) is 10.2 Å². The third-order valence-electron chi connectivity index (χ3n) is 0.847. The van der Waals surface area contributed by atoms with Crippen molar-refractivity contribution in [3.63, 3.8) is 0 Å². The maximum absolute atomic E-state index is 9.78. The van der Waals surface area contributed by atoms with E-state index < -0.39 is 6.09 Å². The normalized spacial score (nSPS) is 16.2. The monoisotopic (exact) mass is 130 g/mol. The van der Waals surface area contributed by atoms with Gasteiger partial charge in [-0.1, -0.05) is 0 Å². The molecule has 5 heteroatoms. The molecule has 1 fully saturated rings. The highest BCUT2D eigenvalue weighted by Gasteiger charge is 2.10. The summed E-state index contributed by atoms with van der Waals surface area (Å²) in [5, 5.41) is 11.5. The average Bonchev–Trinajstić information content (AvgIpc) is 1.60. The number of hydrogen-bond acceptors (Lipinski definition) is 3. The zero-order valence-corrected chi connectivity index (χ0v) is 4.63. The van der Waals surface area contributed by atoms with E-state index in [1.807, 2.05) is 5.43 Å². The topological polar surface area (TPSA) is 70.9 Å². The van der Waals surface area contributed by atoms with Gasteiger partial charge in [0.1, 0.15) is 0 Å². The van der Waals surface area contributed by atoms with Crippen molar-refractivity contribution in [1.82, 2.24) is 5.43 Å². The Balaban J connectivity index is 2.22. The van der Waals surface area contributed by atoms with Crippen LogP contribution in [0.1, 0.15) is 0 Å². The summed E-state index contributed by atoms with van der Waals surface area (Å²) in [7, 11) is 0. The fourth-order valence-corrected chi connectivity index (χ4v) is 0.385. The van der Waals surface area contributed by atoms with Gasteiger partial charge in [-0.2, -0.15) is 5.10 Å². The van der Waals surface area contributed by atoms with E-state index in [0.717, 1.165) is 5.71 Å². The van der Waals surface area contributed by atoms with Gasteiger partial charge in [0.2, 0.25) is 0 Å². The number of nitrogens with one attached hydrogen (secondary N) is 1. The number of hydrazone groups is 1. The smallest absolute Gasteiger partial charge is 0.425 e. The Morgan fingerprint density at radius 2 is 2.44 bits per heavy atom. The van der Waals surface area contributed by atoms with E-state index in [0.29, 0.717) is 13.2 Å². The Kier molecular flexibility index (Phi) is 1.64. The minimum Gasteiger partial charge on any atom is -0.464 e. The molecular weight excluding hydrogens is 124 g/mol. The van der Waals surface area contributed by atoms with Gasteiger partial charge in [0.15, 0.2) is 0 Å². The lowest BCUT2D eigenvalue weighted by Crippen LogP contribution is -2.31. The molecule has 0 aromatic heterocycles. The summed E-state index contributed by atoms with van der Waals surface area (Å²) < 4.78 is 4.70. The Labute approximate surface area is 51.3 Å². The molecule has 9 heavy (non-hydrogen) atoms. The van der Waals surface area contributed by atoms with Gasteiger partial charge < -0.3 is 9.84 Å². The number of carboxylic acid groups (broad SMARTS) is 1. The number of ether oxygens (including phenoxy) is 1. The Bertz CT molecular complexity index is 148. The Morgan fingerprint density at radius 1 is 1.78 bits per heavy atom. The van der Waals surface area contributed by atoms with Crippen molar-refractivity contribution < 1.29 is 14.6 Å². The Morgan fingerprint density at radius 3 is 2.78 bits per heavy atom. The van der Waals surface area contributed by atoms with Crippen LogP contribution in [0, 0.1) is 0 Å². The van der Waals surface area contributed by atoms with E-state index in [1.54, 1.807) is 0 Å². The zero-order chi connectivity index (χ0) is 6.69. The highest BCUT2D eigenvalue weighted by molar-refractivity contribution is 5.91. The lowest BCUT2D eigenvalue weighted by atomic mass is 10.3. The molecular formula is C4H6N2O3. The van der Waals surface area contributed by atoms with Crippen LogP contribution in [0.25, 0.3) is 0 Å². The minimum absolute atomic E-state index is 0.445. The van der Waals surface area contributed by atoms with Gasteiger partial charge in [-0.3, -0.25) is 0 Å². The van der Waals surface area contributed by atoms with Crippen LogP contribution in [0.4, 0.5) is 4.79 Å². The SMILES string of the molecule is O=C(O)NN=C1COC1. The fourth-order valence-electron chi connectivity index (χ4n) is 0.385. The molecule has 5 nitrogen and oxygen atoms in total. The second kappa shape index (κ2) is 2.45. The summed E-state index contributed by atoms with van der Waals surface area (Å²) in [6.07, 6.45) is -1.14. The van der Waals surface area contributed by atoms with E-state index in [4.69, 9.17) is 9.84 Å². The van der Waals surface area contributed by atoms with Crippen LogP contribution in [0.3, 0.4) is 0 Å². The van der Waals surface area contributed by atoms with Gasteiger partial charge in [0.25, 0.3) is 0 Å². The molecule has 0 radical (unpaired) electrons. The van der Waals surface area contributed by atoms with Gasteiger partial charge in [0.05, 0.1) is 18.9 Å². The summed E-state index contributed by atoms with van der Waals surface area (Å²) in [6, 6.07) is 0. The average molecular weight is 130 g/mol. The number of nitrogens with zero attached hydrogens (tertiary/aromatic N) is 1. The first kappa shape index (κ1) is 6.03. The van der Waals surface area contributed by atoms with E-state index in [-0.39, 0.29) is 0 Å². The van der Waals surface area contributed by atoms with Gasteiger partial charge >= 0.3 is 6.09 Å². The first-order valence-corrected chi connectivity index (χ1v) is 2.41. The summed E-state index contributed by atoms with van der Waals surface area (Å²) >= 11 is 0. The predicted octanol–water partition coefficient (Wildman–Crippen LogP) is -0.360. The van der Waals surface area contributed by atoms with Crippen molar-refractivity contribution in [3.05, 3.63) is 0 Å². The number of amides is 1. The van der Waals surface area contributed by atoms with Gasteiger partial charge in [-0.05, 0) is 0 Å². The molecule has 2 N–H and O–H groups in total. The van der Waals surface area contributed by atoms with Crippen molar-refractivity contribution in [3.8, 4) is 0 Å². The van der Waals surface area contributed by atoms with Crippen LogP contribution >= 0.6 is 0 Å². The molecule has 1 aliphatic rings. The van der Waals surface area contributed by atoms with Crippen molar-refractivity contribution in [2.24, 2.45) is 5.10 Å². The molecule has 1 saturated heterocycles. The van der Waals surface area contributed by atoms with Crippen LogP contribution in [-0.4, -0.2) is 30.1 Å². The zero-order valence-electron chi connectivity index (χ0n) is 4.63. The summed E-state index contributed by atoms with van der Waals surface area (Å²) in [5.74, 6) is 0. The lowest BCUT2D eigenvalue weighted by Gasteiger charge is -2.14. The molecule has 0 aromatic carbocycles. The third-order valence-corrected chi connectivity index (χ3v) is 0.847. The van der Waals surface area contributed by atoms with Crippen LogP contribution < -0.4 is 5.43 Å². The van der Waals surface area contributed by atoms with Gasteiger partial charge in [-0.15, -0.1) is 0 Å². The second-order valence-electron chi connectivity index (χ2n) is 1.59. The first-order valence-electron chi connectivity index (χ1n) is 2.41. The maximum atomic E-state index is 9.78. The molecule has 0 bridgehead atoms. The van der Waals surface area contributed by atoms with E-state index >= 15 is 0 Å². The van der Waals surface area contributed by atoms with Crippen molar-refractivity contribution in [2.75, 3.05) is 13.2 Å². The predicted molar refractivity (Wildman–Crippen MR) is 29.4 cm³/mol. The molecule has 0 aromatic rings. The van der Waals surface area contributed by atoms with Crippen LogP contribution in [0.5, 0.6) is 0 Å². The number of rotatable bonds is 1. The minimum atomic E-state index is -1.14. The Hall–Kier alpha value is -1.10. The molecule has 0 spiro atoms. The quantitative estimate of drug-likeness (QED) is 0.476. The molecule has 50 valence electrons. The van der Waals surface area contributed by atoms with Crippen LogP contribution in [0.2, 0.25) is 0 Å². The fraction of sp³-hybridized carbons (Fsp3) is 0.500. The third kappa shape index (κ3) is 1.69. The highest BCUT2D eigenvalue weighted by atomic mass is 16.5. The lowest BCUT2D eigenvalue weighted by molar-refractivity contribution is 0.157. The van der Waals surface area contributed by atoms with Crippen molar-refractivity contribution in [1.29, 1.82) is 0 Å². The second-order valence-corrected chi connectivity index (χ2v) is 1.59. The summed E-state index contributed by atoms with van der Waals surface area (Å²) in [5.41, 5.74) is 2.61. The summed E-state index contributed by atoms with van der Waals surface area (Å²) in [6.45, 7) is 0.889. The molecule has 0 atom stereocenters. The maximum Gasteiger partial charge on any atom is 0.425 e. The molecule has 0 aliphatic carbocycles. The van der Waals surface area contributed by atoms with E-state index in [2.05, 4.69) is 5.10 Å². The van der Waals surface area contributed by atoms with Crippen molar-refractivity contribution in [2.45, 2.75) is 0 Å². The molecule has 1 rings (SSSR count). The molecule has 1 amide bonds. The molecule has 1 heterocycles. The van der Waals surface area contributed by atoms with Crippen molar-refractivity contribution >= 4 is 11.8 Å². The van der Waals surface area contributed by atoms with Crippen LogP contribution in [-0.2, 0) is 4.74 Å². The standard InChI is InChI=1S/C4H6N2O3/c7-4(8)6-5-3-1-9-2-3/h6H,1-2H2,(H,7,8). The van der Waals surface area contributed by atoms with Gasteiger partial charge in [0, 0.05) is 0 Å². The highest BCUT2D eigenvalue weighted by Crippen LogP contribution is 1.92. The van der Waals surface area contributed by atoms with E-state index in [1.165, 1.54) is 0 Å². The number of hydrogen-bond donors (Lipinski definition) is 2.